The molecule has 0 spiro atoms. The van der Waals surface area contributed by atoms with Crippen molar-refractivity contribution in [3.05, 3.63) is 54.2 Å². The maximum atomic E-state index is 13.6. The van der Waals surface area contributed by atoms with Crippen molar-refractivity contribution in [3.8, 4) is 28.8 Å². The van der Waals surface area contributed by atoms with Crippen LogP contribution in [0, 0.1) is 23.1 Å². The molecule has 0 aliphatic carbocycles. The van der Waals surface area contributed by atoms with Gasteiger partial charge in [0.15, 0.2) is 11.4 Å². The van der Waals surface area contributed by atoms with Crippen LogP contribution in [0.25, 0.3) is 11.1 Å². The van der Waals surface area contributed by atoms with Crippen molar-refractivity contribution in [2.75, 3.05) is 32.1 Å². The molecule has 3 heterocycles. The molecule has 2 N–H and O–H groups in total. The van der Waals surface area contributed by atoms with Gasteiger partial charge in [-0.25, -0.2) is 14.4 Å². The van der Waals surface area contributed by atoms with Crippen LogP contribution in [0.2, 0.25) is 0 Å². The molecule has 1 fully saturated rings. The Labute approximate surface area is 185 Å². The first kappa shape index (κ1) is 21.5. The molecule has 0 unspecified atom stereocenters. The van der Waals surface area contributed by atoms with Gasteiger partial charge in [0, 0.05) is 12.3 Å². The molecule has 1 saturated heterocycles. The average Bonchev–Trinajstić information content (AvgIpc) is 2.83. The molecule has 2 aromatic heterocycles. The van der Waals surface area contributed by atoms with Crippen molar-refractivity contribution in [1.29, 1.82) is 5.26 Å². The number of halogens is 1. The number of nitrogens with zero attached hydrogens (tertiary/aromatic N) is 4. The predicted molar refractivity (Wildman–Crippen MR) is 117 cm³/mol. The van der Waals surface area contributed by atoms with Gasteiger partial charge in [-0.15, -0.1) is 0 Å². The lowest BCUT2D eigenvalue weighted by Gasteiger charge is -2.22. The predicted octanol–water partition coefficient (Wildman–Crippen LogP) is 3.68. The summed E-state index contributed by atoms with van der Waals surface area (Å²) in [5.41, 5.74) is 1.98. The molecular formula is C23H23FN6O2. The van der Waals surface area contributed by atoms with E-state index >= 15 is 0 Å². The number of nitriles is 1. The molecule has 0 bridgehead atoms. The Balaban J connectivity index is 1.52. The number of hydrogen-bond donors (Lipinski definition) is 2. The summed E-state index contributed by atoms with van der Waals surface area (Å²) in [6, 6.07) is 9.91. The third kappa shape index (κ3) is 5.10. The van der Waals surface area contributed by atoms with E-state index in [0.717, 1.165) is 25.9 Å². The number of pyridine rings is 1. The summed E-state index contributed by atoms with van der Waals surface area (Å²) >= 11 is 0. The quantitative estimate of drug-likeness (QED) is 0.580. The van der Waals surface area contributed by atoms with E-state index in [1.807, 2.05) is 0 Å². The fourth-order valence-corrected chi connectivity index (χ4v) is 3.53. The minimum Gasteiger partial charge on any atom is -0.490 e. The Morgan fingerprint density at radius 1 is 1.22 bits per heavy atom. The van der Waals surface area contributed by atoms with Gasteiger partial charge in [0.05, 0.1) is 31.2 Å². The van der Waals surface area contributed by atoms with Crippen molar-refractivity contribution < 1.29 is 13.9 Å². The van der Waals surface area contributed by atoms with Gasteiger partial charge < -0.3 is 20.1 Å². The van der Waals surface area contributed by atoms with Gasteiger partial charge in [-0.05, 0) is 49.5 Å². The zero-order valence-electron chi connectivity index (χ0n) is 17.6. The molecule has 0 saturated carbocycles. The molecule has 164 valence electrons. The smallest absolute Gasteiger partial charge is 0.230 e. The standard InChI is InChI=1S/C23H23FN6O2/c1-31-22-19(16-3-2-4-17(24)9-16)13-28-23(30-22)29-18-10-21(20(11-25)27-12-18)32-14-15-5-7-26-8-6-15/h2-4,9-10,12-13,15,26H,5-8,14H2,1H3,(H,28,29,30). The number of hydrogen-bond acceptors (Lipinski definition) is 8. The number of nitrogens with one attached hydrogen (secondary N) is 2. The molecule has 4 rings (SSSR count). The number of methoxy groups -OCH3 is 1. The molecular weight excluding hydrogens is 411 g/mol. The third-order valence-corrected chi connectivity index (χ3v) is 5.23. The van der Waals surface area contributed by atoms with E-state index in [2.05, 4.69) is 31.7 Å². The van der Waals surface area contributed by atoms with Crippen LogP contribution in [0.4, 0.5) is 16.0 Å². The van der Waals surface area contributed by atoms with Crippen LogP contribution in [0.1, 0.15) is 18.5 Å². The average molecular weight is 434 g/mol. The first-order valence-electron chi connectivity index (χ1n) is 10.3. The first-order valence-corrected chi connectivity index (χ1v) is 10.3. The van der Waals surface area contributed by atoms with Crippen LogP contribution in [0.5, 0.6) is 11.6 Å². The number of aromatic nitrogens is 3. The topological polar surface area (TPSA) is 105 Å². The minimum atomic E-state index is -0.354. The van der Waals surface area contributed by atoms with Gasteiger partial charge in [-0.2, -0.15) is 10.2 Å². The molecule has 32 heavy (non-hydrogen) atoms. The zero-order chi connectivity index (χ0) is 22.3. The van der Waals surface area contributed by atoms with Crippen molar-refractivity contribution in [2.45, 2.75) is 12.8 Å². The summed E-state index contributed by atoms with van der Waals surface area (Å²) in [7, 11) is 1.49. The van der Waals surface area contributed by atoms with E-state index in [0.29, 0.717) is 41.0 Å². The highest BCUT2D eigenvalue weighted by molar-refractivity contribution is 5.69. The zero-order valence-corrected chi connectivity index (χ0v) is 17.6. The Bertz CT molecular complexity index is 1130. The molecule has 0 atom stereocenters. The van der Waals surface area contributed by atoms with Crippen LogP contribution in [-0.4, -0.2) is 41.8 Å². The summed E-state index contributed by atoms with van der Waals surface area (Å²) in [5.74, 6) is 1.09. The highest BCUT2D eigenvalue weighted by atomic mass is 19.1. The SMILES string of the molecule is COc1nc(Nc2cnc(C#N)c(OCC3CCNCC3)c2)ncc1-c1cccc(F)c1. The lowest BCUT2D eigenvalue weighted by Crippen LogP contribution is -2.30. The molecule has 8 nitrogen and oxygen atoms in total. The van der Waals surface area contributed by atoms with Gasteiger partial charge in [0.1, 0.15) is 11.9 Å². The van der Waals surface area contributed by atoms with Gasteiger partial charge in [-0.1, -0.05) is 12.1 Å². The van der Waals surface area contributed by atoms with Crippen LogP contribution < -0.4 is 20.1 Å². The Morgan fingerprint density at radius 2 is 2.06 bits per heavy atom. The Kier molecular flexibility index (Phi) is 6.72. The highest BCUT2D eigenvalue weighted by Gasteiger charge is 2.16. The molecule has 3 aromatic rings. The normalized spacial score (nSPS) is 13.9. The maximum Gasteiger partial charge on any atom is 0.230 e. The lowest BCUT2D eigenvalue weighted by atomic mass is 9.99. The van der Waals surface area contributed by atoms with Crippen molar-refractivity contribution in [2.24, 2.45) is 5.92 Å². The van der Waals surface area contributed by atoms with E-state index < -0.39 is 0 Å². The van der Waals surface area contributed by atoms with E-state index in [1.165, 1.54) is 25.4 Å². The fraction of sp³-hybridized carbons (Fsp3) is 0.304. The van der Waals surface area contributed by atoms with Crippen LogP contribution in [0.3, 0.4) is 0 Å². The Morgan fingerprint density at radius 3 is 2.81 bits per heavy atom. The largest absolute Gasteiger partial charge is 0.490 e. The first-order chi connectivity index (χ1) is 15.7. The minimum absolute atomic E-state index is 0.226. The molecule has 0 radical (unpaired) electrons. The number of rotatable bonds is 7. The molecule has 1 aliphatic rings. The number of benzene rings is 1. The number of ether oxygens (including phenoxy) is 2. The second kappa shape index (κ2) is 10.0. The number of piperidine rings is 1. The molecule has 1 aromatic carbocycles. The van der Waals surface area contributed by atoms with Crippen LogP contribution in [-0.2, 0) is 0 Å². The maximum absolute atomic E-state index is 13.6. The van der Waals surface area contributed by atoms with Crippen LogP contribution >= 0.6 is 0 Å². The highest BCUT2D eigenvalue weighted by Crippen LogP contribution is 2.30. The second-order valence-electron chi connectivity index (χ2n) is 7.44. The van der Waals surface area contributed by atoms with Gasteiger partial charge in [0.2, 0.25) is 11.8 Å². The second-order valence-corrected chi connectivity index (χ2v) is 7.44. The van der Waals surface area contributed by atoms with E-state index in [9.17, 15) is 9.65 Å². The monoisotopic (exact) mass is 434 g/mol. The summed E-state index contributed by atoms with van der Waals surface area (Å²) in [4.78, 5) is 12.9. The van der Waals surface area contributed by atoms with Crippen molar-refractivity contribution in [3.63, 3.8) is 0 Å². The summed E-state index contributed by atoms with van der Waals surface area (Å²) in [6.45, 7) is 2.49. The van der Waals surface area contributed by atoms with E-state index in [1.54, 1.807) is 24.4 Å². The van der Waals surface area contributed by atoms with E-state index in [4.69, 9.17) is 9.47 Å². The molecule has 1 aliphatic heterocycles. The van der Waals surface area contributed by atoms with Crippen LogP contribution in [0.15, 0.2) is 42.7 Å². The van der Waals surface area contributed by atoms with Gasteiger partial charge in [-0.3, -0.25) is 0 Å². The number of anilines is 2. The van der Waals surface area contributed by atoms with Gasteiger partial charge >= 0.3 is 0 Å². The molecule has 0 amide bonds. The summed E-state index contributed by atoms with van der Waals surface area (Å²) < 4.78 is 24.9. The lowest BCUT2D eigenvalue weighted by molar-refractivity contribution is 0.214. The van der Waals surface area contributed by atoms with Crippen molar-refractivity contribution in [1.82, 2.24) is 20.3 Å². The summed E-state index contributed by atoms with van der Waals surface area (Å²) in [5, 5.41) is 15.8. The summed E-state index contributed by atoms with van der Waals surface area (Å²) in [6.07, 6.45) is 5.16. The van der Waals surface area contributed by atoms with E-state index in [-0.39, 0.29) is 17.5 Å². The molecule has 9 heteroatoms. The third-order valence-electron chi connectivity index (χ3n) is 5.23. The Hall–Kier alpha value is -3.77. The fourth-order valence-electron chi connectivity index (χ4n) is 3.53. The van der Waals surface area contributed by atoms with Gasteiger partial charge in [0.25, 0.3) is 0 Å². The van der Waals surface area contributed by atoms with Crippen molar-refractivity contribution >= 4 is 11.6 Å².